The minimum atomic E-state index is -0.492. The molecular formula is C22H23N3O4. The maximum absolute atomic E-state index is 13.3. The van der Waals surface area contributed by atoms with Gasteiger partial charge in [-0.15, -0.1) is 0 Å². The van der Waals surface area contributed by atoms with Gasteiger partial charge in [-0.25, -0.2) is 0 Å². The van der Waals surface area contributed by atoms with Crippen LogP contribution in [-0.4, -0.2) is 34.7 Å². The van der Waals surface area contributed by atoms with E-state index in [2.05, 4.69) is 0 Å². The molecule has 0 saturated carbocycles. The summed E-state index contributed by atoms with van der Waals surface area (Å²) in [5, 5.41) is 11.0. The molecule has 1 heterocycles. The number of benzene rings is 2. The standard InChI is InChI=1S/C22H23N3O4/c1-4-23(17-8-6-5-7-9-17)20-19(16-10-12-18(13-11-16)25(28)29)21(26)24(22(20)27)14-15(2)3/h5-13,15H,4,14H2,1-3H3. The molecule has 7 heteroatoms. The number of hydrogen-bond donors (Lipinski definition) is 0. The predicted octanol–water partition coefficient (Wildman–Crippen LogP) is 3.86. The number of carbonyl (C=O) groups is 2. The van der Waals surface area contributed by atoms with Gasteiger partial charge in [0.25, 0.3) is 17.5 Å². The van der Waals surface area contributed by atoms with E-state index in [4.69, 9.17) is 0 Å². The van der Waals surface area contributed by atoms with Crippen molar-refractivity contribution in [2.45, 2.75) is 20.8 Å². The molecule has 0 N–H and O–H groups in total. The van der Waals surface area contributed by atoms with Gasteiger partial charge in [0, 0.05) is 30.9 Å². The van der Waals surface area contributed by atoms with Crippen LogP contribution in [0.25, 0.3) is 5.57 Å². The molecule has 29 heavy (non-hydrogen) atoms. The molecule has 0 spiro atoms. The third-order valence-electron chi connectivity index (χ3n) is 4.71. The van der Waals surface area contributed by atoms with Crippen molar-refractivity contribution in [2.24, 2.45) is 5.92 Å². The van der Waals surface area contributed by atoms with E-state index in [0.29, 0.717) is 24.4 Å². The van der Waals surface area contributed by atoms with Gasteiger partial charge in [-0.05, 0) is 42.7 Å². The van der Waals surface area contributed by atoms with Crippen molar-refractivity contribution in [3.05, 3.63) is 76.0 Å². The number of anilines is 1. The molecule has 7 nitrogen and oxygen atoms in total. The topological polar surface area (TPSA) is 83.8 Å². The Balaban J connectivity index is 2.16. The Bertz CT molecular complexity index is 965. The number of imide groups is 1. The highest BCUT2D eigenvalue weighted by molar-refractivity contribution is 6.36. The maximum atomic E-state index is 13.3. The number of nitrogens with zero attached hydrogens (tertiary/aromatic N) is 3. The van der Waals surface area contributed by atoms with Crippen molar-refractivity contribution in [1.29, 1.82) is 0 Å². The van der Waals surface area contributed by atoms with E-state index < -0.39 is 4.92 Å². The molecule has 0 unspecified atom stereocenters. The van der Waals surface area contributed by atoms with E-state index in [9.17, 15) is 19.7 Å². The maximum Gasteiger partial charge on any atom is 0.278 e. The molecule has 3 rings (SSSR count). The molecule has 2 aromatic rings. The summed E-state index contributed by atoms with van der Waals surface area (Å²) in [6.45, 7) is 6.60. The van der Waals surface area contributed by atoms with Crippen LogP contribution in [0.4, 0.5) is 11.4 Å². The summed E-state index contributed by atoms with van der Waals surface area (Å²) >= 11 is 0. The summed E-state index contributed by atoms with van der Waals surface area (Å²) in [6.07, 6.45) is 0. The monoisotopic (exact) mass is 393 g/mol. The summed E-state index contributed by atoms with van der Waals surface area (Å²) in [6, 6.07) is 15.1. The zero-order valence-corrected chi connectivity index (χ0v) is 16.7. The molecule has 0 radical (unpaired) electrons. The van der Waals surface area contributed by atoms with Crippen molar-refractivity contribution in [1.82, 2.24) is 4.90 Å². The van der Waals surface area contributed by atoms with Crippen LogP contribution >= 0.6 is 0 Å². The highest BCUT2D eigenvalue weighted by Gasteiger charge is 2.41. The summed E-state index contributed by atoms with van der Waals surface area (Å²) in [5.74, 6) is -0.600. The second-order valence-corrected chi connectivity index (χ2v) is 7.22. The van der Waals surface area contributed by atoms with Crippen molar-refractivity contribution >= 4 is 28.8 Å². The molecular weight excluding hydrogens is 370 g/mol. The van der Waals surface area contributed by atoms with Crippen LogP contribution in [0.3, 0.4) is 0 Å². The van der Waals surface area contributed by atoms with E-state index in [1.807, 2.05) is 56.0 Å². The number of amides is 2. The molecule has 2 aromatic carbocycles. The van der Waals surface area contributed by atoms with Gasteiger partial charge in [-0.3, -0.25) is 24.6 Å². The average Bonchev–Trinajstić information content (AvgIpc) is 2.94. The zero-order valence-electron chi connectivity index (χ0n) is 16.7. The molecule has 2 amide bonds. The molecule has 0 aromatic heterocycles. The normalized spacial score (nSPS) is 14.1. The van der Waals surface area contributed by atoms with E-state index in [1.54, 1.807) is 0 Å². The molecule has 0 bridgehead atoms. The SMILES string of the molecule is CCN(C1=C(c2ccc([N+](=O)[O-])cc2)C(=O)N(CC(C)C)C1=O)c1ccccc1. The van der Waals surface area contributed by atoms with Gasteiger partial charge in [0.05, 0.1) is 10.5 Å². The fourth-order valence-corrected chi connectivity index (χ4v) is 3.43. The molecule has 1 aliphatic heterocycles. The average molecular weight is 393 g/mol. The van der Waals surface area contributed by atoms with Crippen molar-refractivity contribution in [3.63, 3.8) is 0 Å². The summed E-state index contributed by atoms with van der Waals surface area (Å²) in [5.41, 5.74) is 1.80. The number of carbonyl (C=O) groups excluding carboxylic acids is 2. The Morgan fingerprint density at radius 2 is 1.62 bits per heavy atom. The van der Waals surface area contributed by atoms with Gasteiger partial charge in [-0.1, -0.05) is 32.0 Å². The lowest BCUT2D eigenvalue weighted by atomic mass is 10.0. The first-order valence-electron chi connectivity index (χ1n) is 9.53. The van der Waals surface area contributed by atoms with Gasteiger partial charge in [-0.2, -0.15) is 0 Å². The minimum Gasteiger partial charge on any atom is -0.337 e. The fourth-order valence-electron chi connectivity index (χ4n) is 3.43. The van der Waals surface area contributed by atoms with Crippen LogP contribution < -0.4 is 4.90 Å². The predicted molar refractivity (Wildman–Crippen MR) is 111 cm³/mol. The van der Waals surface area contributed by atoms with Crippen LogP contribution in [0, 0.1) is 16.0 Å². The van der Waals surface area contributed by atoms with Crippen LogP contribution in [0.15, 0.2) is 60.3 Å². The van der Waals surface area contributed by atoms with Crippen molar-refractivity contribution < 1.29 is 14.5 Å². The van der Waals surface area contributed by atoms with Gasteiger partial charge in [0.1, 0.15) is 5.70 Å². The van der Waals surface area contributed by atoms with Crippen molar-refractivity contribution in [2.75, 3.05) is 18.0 Å². The lowest BCUT2D eigenvalue weighted by molar-refractivity contribution is -0.384. The Labute approximate surface area is 169 Å². The largest absolute Gasteiger partial charge is 0.337 e. The Kier molecular flexibility index (Phi) is 5.77. The first kappa shape index (κ1) is 20.3. The number of likely N-dealkylation sites (N-methyl/N-ethyl adjacent to an activating group) is 1. The molecule has 1 aliphatic rings. The first-order valence-corrected chi connectivity index (χ1v) is 9.53. The molecule has 150 valence electrons. The second-order valence-electron chi connectivity index (χ2n) is 7.22. The third-order valence-corrected chi connectivity index (χ3v) is 4.71. The van der Waals surface area contributed by atoms with Crippen LogP contribution in [0.1, 0.15) is 26.3 Å². The number of para-hydroxylation sites is 1. The molecule has 0 aliphatic carbocycles. The summed E-state index contributed by atoms with van der Waals surface area (Å²) in [7, 11) is 0. The fraction of sp³-hybridized carbons (Fsp3) is 0.273. The lowest BCUT2D eigenvalue weighted by Gasteiger charge is -2.25. The lowest BCUT2D eigenvalue weighted by Crippen LogP contribution is -2.37. The quantitative estimate of drug-likeness (QED) is 0.405. The number of rotatable bonds is 7. The first-order chi connectivity index (χ1) is 13.8. The van der Waals surface area contributed by atoms with Gasteiger partial charge in [0.15, 0.2) is 0 Å². The van der Waals surface area contributed by atoms with E-state index in [-0.39, 0.29) is 29.0 Å². The smallest absolute Gasteiger partial charge is 0.278 e. The summed E-state index contributed by atoms with van der Waals surface area (Å²) < 4.78 is 0. The van der Waals surface area contributed by atoms with Gasteiger partial charge >= 0.3 is 0 Å². The molecule has 0 saturated heterocycles. The number of nitro benzene ring substituents is 1. The Morgan fingerprint density at radius 3 is 2.14 bits per heavy atom. The summed E-state index contributed by atoms with van der Waals surface area (Å²) in [4.78, 5) is 40.1. The van der Waals surface area contributed by atoms with Crippen LogP contribution in [0.5, 0.6) is 0 Å². The zero-order chi connectivity index (χ0) is 21.1. The molecule has 0 atom stereocenters. The highest BCUT2D eigenvalue weighted by atomic mass is 16.6. The third kappa shape index (κ3) is 3.89. The number of nitro groups is 1. The minimum absolute atomic E-state index is 0.0675. The van der Waals surface area contributed by atoms with Crippen LogP contribution in [0.2, 0.25) is 0 Å². The number of non-ortho nitro benzene ring substituents is 1. The van der Waals surface area contributed by atoms with Crippen LogP contribution in [-0.2, 0) is 9.59 Å². The Hall–Kier alpha value is -3.48. The van der Waals surface area contributed by atoms with E-state index in [0.717, 1.165) is 5.69 Å². The number of hydrogen-bond acceptors (Lipinski definition) is 5. The van der Waals surface area contributed by atoms with E-state index >= 15 is 0 Å². The van der Waals surface area contributed by atoms with Gasteiger partial charge < -0.3 is 4.90 Å². The molecule has 0 fully saturated rings. The second kappa shape index (κ2) is 8.26. The Morgan fingerprint density at radius 1 is 1.00 bits per heavy atom. The van der Waals surface area contributed by atoms with E-state index in [1.165, 1.54) is 29.2 Å². The van der Waals surface area contributed by atoms with Gasteiger partial charge in [0.2, 0.25) is 0 Å². The van der Waals surface area contributed by atoms with Crippen molar-refractivity contribution in [3.8, 4) is 0 Å². The highest BCUT2D eigenvalue weighted by Crippen LogP contribution is 2.35.